The van der Waals surface area contributed by atoms with Gasteiger partial charge < -0.3 is 21.3 Å². The van der Waals surface area contributed by atoms with Gasteiger partial charge >= 0.3 is 6.03 Å². The molecule has 126 valence electrons. The van der Waals surface area contributed by atoms with Crippen LogP contribution in [0.4, 0.5) is 10.5 Å². The van der Waals surface area contributed by atoms with E-state index in [1.165, 1.54) is 0 Å². The lowest BCUT2D eigenvalue weighted by Gasteiger charge is -2.16. The van der Waals surface area contributed by atoms with Crippen molar-refractivity contribution in [1.29, 1.82) is 0 Å². The average Bonchev–Trinajstić information content (AvgIpc) is 3.08. The van der Waals surface area contributed by atoms with Gasteiger partial charge in [-0.3, -0.25) is 0 Å². The van der Waals surface area contributed by atoms with Gasteiger partial charge in [-0.2, -0.15) is 0 Å². The van der Waals surface area contributed by atoms with Crippen LogP contribution in [0.3, 0.4) is 0 Å². The number of anilines is 1. The monoisotopic (exact) mass is 317 g/mol. The fourth-order valence-electron chi connectivity index (χ4n) is 2.50. The number of carbonyl (C=O) groups is 1. The van der Waals surface area contributed by atoms with Gasteiger partial charge in [0.15, 0.2) is 5.96 Å². The van der Waals surface area contributed by atoms with Gasteiger partial charge in [0.1, 0.15) is 0 Å². The molecule has 1 aromatic rings. The SMILES string of the molecule is CCCCNC(N)=NCc1cccc(NC(=O)N2CCCC2)c1. The van der Waals surface area contributed by atoms with Crippen LogP contribution in [0.2, 0.25) is 0 Å². The number of carbonyl (C=O) groups excluding carboxylic acids is 1. The van der Waals surface area contributed by atoms with Crippen LogP contribution in [0.15, 0.2) is 29.3 Å². The Morgan fingerprint density at radius 1 is 1.35 bits per heavy atom. The second-order valence-corrected chi connectivity index (χ2v) is 5.81. The van der Waals surface area contributed by atoms with Gasteiger partial charge in [-0.25, -0.2) is 9.79 Å². The fraction of sp³-hybridized carbons (Fsp3) is 0.529. The predicted molar refractivity (Wildman–Crippen MR) is 94.5 cm³/mol. The number of rotatable bonds is 6. The number of aliphatic imine (C=N–C) groups is 1. The van der Waals surface area contributed by atoms with E-state index in [1.54, 1.807) is 0 Å². The summed E-state index contributed by atoms with van der Waals surface area (Å²) in [6, 6.07) is 7.71. The number of nitrogens with two attached hydrogens (primary N) is 1. The maximum atomic E-state index is 12.1. The zero-order valence-corrected chi connectivity index (χ0v) is 13.8. The predicted octanol–water partition coefficient (Wildman–Crippen LogP) is 2.52. The molecule has 0 bridgehead atoms. The van der Waals surface area contributed by atoms with Gasteiger partial charge in [-0.1, -0.05) is 25.5 Å². The van der Waals surface area contributed by atoms with Gasteiger partial charge in [-0.05, 0) is 37.0 Å². The van der Waals surface area contributed by atoms with E-state index in [-0.39, 0.29) is 6.03 Å². The van der Waals surface area contributed by atoms with Crippen LogP contribution in [0.25, 0.3) is 0 Å². The van der Waals surface area contributed by atoms with E-state index in [0.717, 1.165) is 56.6 Å². The first-order valence-corrected chi connectivity index (χ1v) is 8.37. The Balaban J connectivity index is 1.86. The number of hydrogen-bond acceptors (Lipinski definition) is 2. The van der Waals surface area contributed by atoms with Gasteiger partial charge in [0.25, 0.3) is 0 Å². The largest absolute Gasteiger partial charge is 0.370 e. The summed E-state index contributed by atoms with van der Waals surface area (Å²) in [7, 11) is 0. The number of benzene rings is 1. The van der Waals surface area contributed by atoms with E-state index in [0.29, 0.717) is 12.5 Å². The number of amides is 2. The molecule has 1 aromatic carbocycles. The lowest BCUT2D eigenvalue weighted by atomic mass is 10.2. The number of unbranched alkanes of at least 4 members (excludes halogenated alkanes) is 1. The highest BCUT2D eigenvalue weighted by Gasteiger charge is 2.17. The molecule has 1 aliphatic rings. The van der Waals surface area contributed by atoms with E-state index in [1.807, 2.05) is 29.2 Å². The molecular weight excluding hydrogens is 290 g/mol. The molecule has 0 unspecified atom stereocenters. The Kier molecular flexibility index (Phi) is 6.72. The fourth-order valence-corrected chi connectivity index (χ4v) is 2.50. The van der Waals surface area contributed by atoms with Crippen LogP contribution in [-0.4, -0.2) is 36.5 Å². The highest BCUT2D eigenvalue weighted by Crippen LogP contribution is 2.14. The van der Waals surface area contributed by atoms with E-state index in [9.17, 15) is 4.79 Å². The first-order chi connectivity index (χ1) is 11.2. The smallest absolute Gasteiger partial charge is 0.321 e. The standard InChI is InChI=1S/C17H27N5O/c1-2-3-9-19-16(18)20-13-14-7-6-8-15(12-14)21-17(23)22-10-4-5-11-22/h6-8,12H,2-5,9-11,13H2,1H3,(H,21,23)(H3,18,19,20). The highest BCUT2D eigenvalue weighted by molar-refractivity contribution is 5.89. The molecule has 6 nitrogen and oxygen atoms in total. The Morgan fingerprint density at radius 2 is 2.13 bits per heavy atom. The second kappa shape index (κ2) is 9.02. The van der Waals surface area contributed by atoms with Crippen LogP contribution >= 0.6 is 0 Å². The first-order valence-electron chi connectivity index (χ1n) is 8.37. The van der Waals surface area contributed by atoms with Crippen molar-refractivity contribution in [3.05, 3.63) is 29.8 Å². The molecule has 2 amide bonds. The van der Waals surface area contributed by atoms with Gasteiger partial charge in [0.05, 0.1) is 6.54 Å². The lowest BCUT2D eigenvalue weighted by Crippen LogP contribution is -2.32. The van der Waals surface area contributed by atoms with E-state index < -0.39 is 0 Å². The molecule has 0 aliphatic carbocycles. The molecule has 1 heterocycles. The topological polar surface area (TPSA) is 82.7 Å². The molecule has 1 aliphatic heterocycles. The Hall–Kier alpha value is -2.24. The van der Waals surface area contributed by atoms with Crippen molar-refractivity contribution in [2.45, 2.75) is 39.2 Å². The van der Waals surface area contributed by atoms with E-state index >= 15 is 0 Å². The van der Waals surface area contributed by atoms with Crippen molar-refractivity contribution in [3.63, 3.8) is 0 Å². The van der Waals surface area contributed by atoms with E-state index in [4.69, 9.17) is 5.73 Å². The average molecular weight is 317 g/mol. The molecule has 0 radical (unpaired) electrons. The molecule has 0 spiro atoms. The highest BCUT2D eigenvalue weighted by atomic mass is 16.2. The minimum absolute atomic E-state index is 0.0242. The van der Waals surface area contributed by atoms with Crippen LogP contribution in [0.5, 0.6) is 0 Å². The summed E-state index contributed by atoms with van der Waals surface area (Å²) in [5.41, 5.74) is 7.64. The molecule has 1 fully saturated rings. The van der Waals surface area contributed by atoms with Crippen LogP contribution in [0.1, 0.15) is 38.2 Å². The van der Waals surface area contributed by atoms with Crippen molar-refractivity contribution in [2.24, 2.45) is 10.7 Å². The summed E-state index contributed by atoms with van der Waals surface area (Å²) in [6.45, 7) is 5.17. The summed E-state index contributed by atoms with van der Waals surface area (Å²) < 4.78 is 0. The quantitative estimate of drug-likeness (QED) is 0.428. The summed E-state index contributed by atoms with van der Waals surface area (Å²) in [4.78, 5) is 18.3. The van der Waals surface area contributed by atoms with Crippen LogP contribution < -0.4 is 16.4 Å². The van der Waals surface area contributed by atoms with Crippen LogP contribution in [-0.2, 0) is 6.54 Å². The zero-order valence-electron chi connectivity index (χ0n) is 13.8. The minimum atomic E-state index is -0.0242. The second-order valence-electron chi connectivity index (χ2n) is 5.81. The van der Waals surface area contributed by atoms with Crippen molar-refractivity contribution < 1.29 is 4.79 Å². The molecule has 0 atom stereocenters. The molecule has 23 heavy (non-hydrogen) atoms. The van der Waals surface area contributed by atoms with Crippen molar-refractivity contribution in [2.75, 3.05) is 25.0 Å². The summed E-state index contributed by atoms with van der Waals surface area (Å²) >= 11 is 0. The third kappa shape index (κ3) is 5.81. The zero-order chi connectivity index (χ0) is 16.5. The Morgan fingerprint density at radius 3 is 2.87 bits per heavy atom. The van der Waals surface area contributed by atoms with Gasteiger partial charge in [0, 0.05) is 25.3 Å². The maximum absolute atomic E-state index is 12.1. The van der Waals surface area contributed by atoms with Gasteiger partial charge in [0.2, 0.25) is 0 Å². The lowest BCUT2D eigenvalue weighted by molar-refractivity contribution is 0.222. The number of urea groups is 1. The normalized spacial score (nSPS) is 14.8. The summed E-state index contributed by atoms with van der Waals surface area (Å²) in [6.07, 6.45) is 4.38. The summed E-state index contributed by atoms with van der Waals surface area (Å²) in [5, 5.41) is 6.03. The Labute approximate surface area is 138 Å². The molecule has 6 heteroatoms. The third-order valence-corrected chi connectivity index (χ3v) is 3.84. The molecule has 4 N–H and O–H groups in total. The molecular formula is C17H27N5O. The maximum Gasteiger partial charge on any atom is 0.321 e. The van der Waals surface area contributed by atoms with Crippen molar-refractivity contribution >= 4 is 17.7 Å². The number of nitrogens with zero attached hydrogens (tertiary/aromatic N) is 2. The third-order valence-electron chi connectivity index (χ3n) is 3.84. The number of hydrogen-bond donors (Lipinski definition) is 3. The van der Waals surface area contributed by atoms with Crippen molar-refractivity contribution in [1.82, 2.24) is 10.2 Å². The first kappa shape index (κ1) is 17.1. The number of guanidine groups is 1. The van der Waals surface area contributed by atoms with Gasteiger partial charge in [-0.15, -0.1) is 0 Å². The molecule has 0 saturated carbocycles. The van der Waals surface area contributed by atoms with Crippen LogP contribution in [0, 0.1) is 0 Å². The molecule has 2 rings (SSSR count). The molecule has 0 aromatic heterocycles. The summed E-state index contributed by atoms with van der Waals surface area (Å²) in [5.74, 6) is 0.463. The van der Waals surface area contributed by atoms with E-state index in [2.05, 4.69) is 22.5 Å². The molecule has 1 saturated heterocycles. The number of nitrogens with one attached hydrogen (secondary N) is 2. The van der Waals surface area contributed by atoms with Crippen molar-refractivity contribution in [3.8, 4) is 0 Å². The number of likely N-dealkylation sites (tertiary alicyclic amines) is 1. The Bertz CT molecular complexity index is 538. The minimum Gasteiger partial charge on any atom is -0.370 e.